The van der Waals surface area contributed by atoms with E-state index in [0.29, 0.717) is 0 Å². The first-order valence-corrected chi connectivity index (χ1v) is 23.8. The van der Waals surface area contributed by atoms with Gasteiger partial charge in [0.05, 0.1) is 0 Å². The summed E-state index contributed by atoms with van der Waals surface area (Å²) in [5, 5.41) is 0. The zero-order valence-corrected chi connectivity index (χ0v) is 37.7. The zero-order valence-electron chi connectivity index (χ0n) is 35.3. The number of hydrogen-bond donors (Lipinski definition) is 0. The summed E-state index contributed by atoms with van der Waals surface area (Å²) in [5.41, 5.74) is 19.5. The number of anilines is 3. The lowest BCUT2D eigenvalue weighted by atomic mass is 9.75. The lowest BCUT2D eigenvalue weighted by Crippen LogP contribution is -2.24. The van der Waals surface area contributed by atoms with Crippen molar-refractivity contribution < 1.29 is 0 Å². The molecule has 0 radical (unpaired) electrons. The maximum absolute atomic E-state index is 2.49. The molecule has 0 saturated heterocycles. The normalized spacial score (nSPS) is 16.2. The largest absolute Gasteiger partial charge is 0.310 e. The topological polar surface area (TPSA) is 3.24 Å². The molecule has 4 aliphatic rings. The summed E-state index contributed by atoms with van der Waals surface area (Å²) < 4.78 is 0. The van der Waals surface area contributed by atoms with Gasteiger partial charge in [-0.3, -0.25) is 0 Å². The Kier molecular flexibility index (Phi) is 8.15. The molecule has 0 bridgehead atoms. The van der Waals surface area contributed by atoms with Gasteiger partial charge in [-0.2, -0.15) is 0 Å². The highest BCUT2D eigenvalue weighted by Crippen LogP contribution is 2.61. The van der Waals surface area contributed by atoms with E-state index in [0.717, 1.165) is 5.69 Å². The molecule has 8 aromatic carbocycles. The molecule has 4 heteroatoms. The van der Waals surface area contributed by atoms with Gasteiger partial charge in [-0.05, 0) is 116 Å². The lowest BCUT2D eigenvalue weighted by molar-refractivity contribution is 0.604. The molecule has 296 valence electrons. The highest BCUT2D eigenvalue weighted by molar-refractivity contribution is 8.05. The Morgan fingerprint density at radius 2 is 0.803 bits per heavy atom. The van der Waals surface area contributed by atoms with Crippen LogP contribution in [0.4, 0.5) is 17.1 Å². The van der Waals surface area contributed by atoms with Crippen molar-refractivity contribution >= 4 is 52.3 Å². The third-order valence-electron chi connectivity index (χ3n) is 14.0. The van der Waals surface area contributed by atoms with Crippen molar-refractivity contribution in [2.75, 3.05) is 4.90 Å². The molecule has 0 N–H and O–H groups in total. The van der Waals surface area contributed by atoms with Crippen molar-refractivity contribution in [2.24, 2.45) is 0 Å². The average Bonchev–Trinajstić information content (AvgIpc) is 3.65. The fraction of sp³-hybridized carbons (Fsp3) is 0.158. The van der Waals surface area contributed by atoms with Gasteiger partial charge in [-0.1, -0.05) is 180 Å². The smallest absolute Gasteiger partial charge is 0.0465 e. The van der Waals surface area contributed by atoms with Gasteiger partial charge in [0.15, 0.2) is 0 Å². The first-order valence-electron chi connectivity index (χ1n) is 21.3. The molecule has 1 nitrogen and oxygen atoms in total. The van der Waals surface area contributed by atoms with Crippen LogP contribution >= 0.6 is 35.3 Å². The molecule has 0 atom stereocenters. The van der Waals surface area contributed by atoms with E-state index in [1.807, 2.05) is 35.3 Å². The Morgan fingerprint density at radius 1 is 0.328 bits per heavy atom. The quantitative estimate of drug-likeness (QED) is 0.174. The van der Waals surface area contributed by atoms with Gasteiger partial charge in [0.2, 0.25) is 0 Å². The van der Waals surface area contributed by atoms with E-state index in [2.05, 4.69) is 210 Å². The molecular formula is C57H45NS3. The Balaban J connectivity index is 1.01. The van der Waals surface area contributed by atoms with Crippen molar-refractivity contribution in [3.63, 3.8) is 0 Å². The number of benzene rings is 8. The van der Waals surface area contributed by atoms with Gasteiger partial charge in [-0.15, -0.1) is 0 Å². The first-order chi connectivity index (χ1) is 29.5. The van der Waals surface area contributed by atoms with E-state index < -0.39 is 0 Å². The molecule has 2 aliphatic heterocycles. The van der Waals surface area contributed by atoms with Crippen LogP contribution in [-0.4, -0.2) is 0 Å². The van der Waals surface area contributed by atoms with Crippen LogP contribution in [0.15, 0.2) is 193 Å². The number of hydrogen-bond acceptors (Lipinski definition) is 4. The molecule has 0 amide bonds. The van der Waals surface area contributed by atoms with Crippen LogP contribution in [0.25, 0.3) is 33.4 Å². The summed E-state index contributed by atoms with van der Waals surface area (Å²) >= 11 is 5.79. The van der Waals surface area contributed by atoms with Crippen LogP contribution in [-0.2, 0) is 16.2 Å². The lowest BCUT2D eigenvalue weighted by Gasteiger charge is -2.36. The Labute approximate surface area is 372 Å². The van der Waals surface area contributed by atoms with Crippen LogP contribution in [0.1, 0.15) is 74.9 Å². The molecule has 0 spiro atoms. The molecule has 2 aliphatic carbocycles. The van der Waals surface area contributed by atoms with Gasteiger partial charge in [-0.25, -0.2) is 0 Å². The van der Waals surface area contributed by atoms with Crippen molar-refractivity contribution in [3.8, 4) is 33.4 Å². The van der Waals surface area contributed by atoms with E-state index >= 15 is 0 Å². The molecule has 61 heavy (non-hydrogen) atoms. The predicted octanol–water partition coefficient (Wildman–Crippen LogP) is 16.8. The van der Waals surface area contributed by atoms with Crippen LogP contribution in [0, 0.1) is 0 Å². The molecule has 8 aromatic rings. The third kappa shape index (κ3) is 5.45. The summed E-state index contributed by atoms with van der Waals surface area (Å²) in [7, 11) is 0. The summed E-state index contributed by atoms with van der Waals surface area (Å²) in [5.74, 6) is 0. The molecule has 0 saturated carbocycles. The van der Waals surface area contributed by atoms with Gasteiger partial charge in [0.1, 0.15) is 0 Å². The summed E-state index contributed by atoms with van der Waals surface area (Å²) in [4.78, 5) is 10.7. The minimum Gasteiger partial charge on any atom is -0.310 e. The van der Waals surface area contributed by atoms with E-state index in [1.165, 1.54) is 108 Å². The van der Waals surface area contributed by atoms with Crippen molar-refractivity contribution in [2.45, 2.75) is 87.2 Å². The van der Waals surface area contributed by atoms with Crippen molar-refractivity contribution in [1.29, 1.82) is 0 Å². The molecule has 2 heterocycles. The molecule has 0 unspecified atom stereocenters. The maximum atomic E-state index is 2.49. The molecule has 0 aromatic heterocycles. The van der Waals surface area contributed by atoms with Crippen LogP contribution in [0.2, 0.25) is 0 Å². The van der Waals surface area contributed by atoms with Gasteiger partial charge >= 0.3 is 0 Å². The van der Waals surface area contributed by atoms with Crippen LogP contribution < -0.4 is 4.90 Å². The van der Waals surface area contributed by atoms with Crippen LogP contribution in [0.5, 0.6) is 0 Å². The number of fused-ring (bicyclic) bond motifs is 12. The maximum Gasteiger partial charge on any atom is 0.0465 e. The monoisotopic (exact) mass is 839 g/mol. The van der Waals surface area contributed by atoms with E-state index in [9.17, 15) is 0 Å². The highest BCUT2D eigenvalue weighted by atomic mass is 32.2. The third-order valence-corrected chi connectivity index (χ3v) is 17.8. The minimum atomic E-state index is -0.171. The predicted molar refractivity (Wildman–Crippen MR) is 259 cm³/mol. The Morgan fingerprint density at radius 3 is 1.46 bits per heavy atom. The Hall–Kier alpha value is -5.39. The highest BCUT2D eigenvalue weighted by Gasteiger charge is 2.43. The fourth-order valence-electron chi connectivity index (χ4n) is 10.7. The van der Waals surface area contributed by atoms with Gasteiger partial charge in [0.25, 0.3) is 0 Å². The average molecular weight is 840 g/mol. The van der Waals surface area contributed by atoms with Gasteiger partial charge in [0, 0.05) is 73.8 Å². The second-order valence-corrected chi connectivity index (χ2v) is 21.7. The van der Waals surface area contributed by atoms with Crippen molar-refractivity contribution in [3.05, 3.63) is 197 Å². The second-order valence-electron chi connectivity index (χ2n) is 18.5. The molecule has 12 rings (SSSR count). The fourth-order valence-corrected chi connectivity index (χ4v) is 14.6. The summed E-state index contributed by atoms with van der Waals surface area (Å²) in [6.07, 6.45) is 0. The first kappa shape index (κ1) is 37.4. The zero-order chi connectivity index (χ0) is 41.4. The summed E-state index contributed by atoms with van der Waals surface area (Å²) in [6.45, 7) is 14.4. The molecular weight excluding hydrogens is 795 g/mol. The van der Waals surface area contributed by atoms with E-state index in [4.69, 9.17) is 0 Å². The SMILES string of the molecule is CC1(C)c2ccccc2Sc2c1ccc1c2-c2ccc(N(c3ccc(-c4ccccc4)cc3)c3ccc4c(c3)C(C)(C)c3ccc5c(c3-4)Sc3ccccc3S5)cc2C1(C)C. The number of rotatable bonds is 4. The standard InChI is InChI=1S/C57H45NS3/c1-55(2)41-16-10-11-17-47(41)60-53-44(55)29-28-42-51(53)39-26-24-37(32-45(39)56(42,3)4)58(36-22-20-35(21-23-36)34-14-8-7-9-15-34)38-25-27-40-46(33-38)57(5,6)43-30-31-50-54(52(40)43)61-49-19-13-12-18-48(49)59-50/h7-33H,1-6H3. The second kappa shape index (κ2) is 13.3. The number of nitrogens with zero attached hydrogens (tertiary/aromatic N) is 1. The van der Waals surface area contributed by atoms with E-state index in [-0.39, 0.29) is 16.2 Å². The van der Waals surface area contributed by atoms with Crippen molar-refractivity contribution in [1.82, 2.24) is 0 Å². The molecule has 0 fully saturated rings. The van der Waals surface area contributed by atoms with Gasteiger partial charge < -0.3 is 4.90 Å². The minimum absolute atomic E-state index is 0.0793. The van der Waals surface area contributed by atoms with E-state index in [1.54, 1.807) is 0 Å². The van der Waals surface area contributed by atoms with Crippen LogP contribution in [0.3, 0.4) is 0 Å². The summed E-state index contributed by atoms with van der Waals surface area (Å²) in [6, 6.07) is 61.8. The Bertz CT molecular complexity index is 3140.